The number of anilines is 1. The minimum absolute atomic E-state index is 0.585. The first-order chi connectivity index (χ1) is 5.77. The molecule has 0 aliphatic heterocycles. The zero-order valence-corrected chi connectivity index (χ0v) is 6.66. The van der Waals surface area contributed by atoms with Crippen LogP contribution < -0.4 is 5.32 Å². The first-order valence-corrected chi connectivity index (χ1v) is 3.49. The van der Waals surface area contributed by atoms with Crippen molar-refractivity contribution < 1.29 is 4.79 Å². The third kappa shape index (κ3) is 1.61. The largest absolute Gasteiger partial charge is 0.329 e. The monoisotopic (exact) mass is 160 g/mol. The summed E-state index contributed by atoms with van der Waals surface area (Å²) in [5.41, 5.74) is 2.14. The number of rotatable bonds is 2. The van der Waals surface area contributed by atoms with Crippen LogP contribution in [0.15, 0.2) is 18.2 Å². The van der Waals surface area contributed by atoms with Crippen LogP contribution in [0.4, 0.5) is 5.69 Å². The quantitative estimate of drug-likeness (QED) is 0.665. The maximum atomic E-state index is 10.1. The molecule has 0 fully saturated rings. The molecule has 0 unspecified atom stereocenters. The van der Waals surface area contributed by atoms with E-state index >= 15 is 0 Å². The van der Waals surface area contributed by atoms with Crippen molar-refractivity contribution in [1.82, 2.24) is 0 Å². The molecular formula is C9H8N2O. The van der Waals surface area contributed by atoms with Crippen LogP contribution in [0.1, 0.15) is 11.1 Å². The molecule has 0 saturated heterocycles. The fourth-order valence-electron chi connectivity index (χ4n) is 0.900. The van der Waals surface area contributed by atoms with Crippen LogP contribution in [0.25, 0.3) is 0 Å². The van der Waals surface area contributed by atoms with Gasteiger partial charge in [-0.3, -0.25) is 4.79 Å². The van der Waals surface area contributed by atoms with Gasteiger partial charge < -0.3 is 5.32 Å². The summed E-state index contributed by atoms with van der Waals surface area (Å²) in [7, 11) is 0. The van der Waals surface area contributed by atoms with E-state index in [1.54, 1.807) is 18.2 Å². The number of aryl methyl sites for hydroxylation is 1. The van der Waals surface area contributed by atoms with Crippen molar-refractivity contribution in [1.29, 1.82) is 5.26 Å². The first kappa shape index (κ1) is 8.28. The molecule has 1 aromatic carbocycles. The summed E-state index contributed by atoms with van der Waals surface area (Å²) < 4.78 is 0. The summed E-state index contributed by atoms with van der Waals surface area (Å²) in [5, 5.41) is 11.1. The van der Waals surface area contributed by atoms with Crippen molar-refractivity contribution >= 4 is 12.1 Å². The highest BCUT2D eigenvalue weighted by Gasteiger charge is 1.97. The van der Waals surface area contributed by atoms with Crippen molar-refractivity contribution in [3.8, 4) is 6.07 Å². The molecule has 3 heteroatoms. The predicted molar refractivity (Wildman–Crippen MR) is 45.6 cm³/mol. The Bertz CT molecular complexity index is 339. The van der Waals surface area contributed by atoms with Crippen LogP contribution in [0.3, 0.4) is 0 Å². The second kappa shape index (κ2) is 3.54. The van der Waals surface area contributed by atoms with E-state index in [0.29, 0.717) is 17.7 Å². The summed E-state index contributed by atoms with van der Waals surface area (Å²) in [4.78, 5) is 10.1. The van der Waals surface area contributed by atoms with Crippen molar-refractivity contribution in [3.05, 3.63) is 29.3 Å². The number of hydrogen-bond donors (Lipinski definition) is 1. The molecule has 0 heterocycles. The maximum Gasteiger partial charge on any atom is 0.211 e. The van der Waals surface area contributed by atoms with E-state index in [9.17, 15) is 4.79 Å². The Kier molecular flexibility index (Phi) is 2.44. The molecule has 0 spiro atoms. The number of amides is 1. The van der Waals surface area contributed by atoms with Gasteiger partial charge in [-0.25, -0.2) is 0 Å². The van der Waals surface area contributed by atoms with Gasteiger partial charge >= 0.3 is 0 Å². The summed E-state index contributed by atoms with van der Waals surface area (Å²) in [6.45, 7) is 1.85. The Labute approximate surface area is 70.6 Å². The molecule has 60 valence electrons. The van der Waals surface area contributed by atoms with E-state index in [2.05, 4.69) is 5.32 Å². The van der Waals surface area contributed by atoms with E-state index in [-0.39, 0.29) is 0 Å². The predicted octanol–water partition coefficient (Wildman–Crippen LogP) is 1.43. The zero-order valence-electron chi connectivity index (χ0n) is 6.66. The van der Waals surface area contributed by atoms with Gasteiger partial charge in [0.15, 0.2) is 0 Å². The lowest BCUT2D eigenvalue weighted by Gasteiger charge is -2.00. The highest BCUT2D eigenvalue weighted by molar-refractivity contribution is 5.72. The molecule has 0 bridgehead atoms. The zero-order chi connectivity index (χ0) is 8.97. The van der Waals surface area contributed by atoms with Gasteiger partial charge in [0.2, 0.25) is 6.41 Å². The molecule has 0 aliphatic carbocycles. The Morgan fingerprint density at radius 1 is 1.58 bits per heavy atom. The van der Waals surface area contributed by atoms with Gasteiger partial charge in [0, 0.05) is 5.69 Å². The Morgan fingerprint density at radius 3 is 2.92 bits per heavy atom. The molecule has 0 aliphatic rings. The van der Waals surface area contributed by atoms with Crippen LogP contribution in [-0.4, -0.2) is 6.41 Å². The molecule has 1 amide bonds. The number of hydrogen-bond acceptors (Lipinski definition) is 2. The molecule has 0 saturated carbocycles. The van der Waals surface area contributed by atoms with Crippen molar-refractivity contribution in [2.45, 2.75) is 6.92 Å². The summed E-state index contributed by atoms with van der Waals surface area (Å²) >= 11 is 0. The van der Waals surface area contributed by atoms with Crippen LogP contribution in [0, 0.1) is 18.3 Å². The summed E-state index contributed by atoms with van der Waals surface area (Å²) in [6, 6.07) is 7.23. The number of carbonyl (C=O) groups is 1. The van der Waals surface area contributed by atoms with Gasteiger partial charge in [-0.2, -0.15) is 5.26 Å². The number of nitriles is 1. The second-order valence-corrected chi connectivity index (χ2v) is 2.40. The average Bonchev–Trinajstić information content (AvgIpc) is 2.09. The molecule has 0 atom stereocenters. The third-order valence-electron chi connectivity index (χ3n) is 1.58. The lowest BCUT2D eigenvalue weighted by Crippen LogP contribution is -1.94. The minimum Gasteiger partial charge on any atom is -0.329 e. The summed E-state index contributed by atoms with van der Waals surface area (Å²) in [5.74, 6) is 0. The normalized spacial score (nSPS) is 8.67. The number of benzene rings is 1. The topological polar surface area (TPSA) is 52.9 Å². The minimum atomic E-state index is 0.585. The average molecular weight is 160 g/mol. The Morgan fingerprint density at radius 2 is 2.33 bits per heavy atom. The van der Waals surface area contributed by atoms with Crippen LogP contribution >= 0.6 is 0 Å². The van der Waals surface area contributed by atoms with Crippen LogP contribution in [-0.2, 0) is 4.79 Å². The van der Waals surface area contributed by atoms with Crippen LogP contribution in [0.5, 0.6) is 0 Å². The van der Waals surface area contributed by atoms with E-state index in [0.717, 1.165) is 5.56 Å². The molecule has 0 aromatic heterocycles. The van der Waals surface area contributed by atoms with E-state index in [1.807, 2.05) is 13.0 Å². The van der Waals surface area contributed by atoms with Crippen molar-refractivity contribution in [3.63, 3.8) is 0 Å². The lowest BCUT2D eigenvalue weighted by atomic mass is 10.1. The smallest absolute Gasteiger partial charge is 0.211 e. The fourth-order valence-corrected chi connectivity index (χ4v) is 0.900. The molecule has 1 aromatic rings. The van der Waals surface area contributed by atoms with Gasteiger partial charge in [-0.05, 0) is 24.6 Å². The number of nitrogens with zero attached hydrogens (tertiary/aromatic N) is 1. The number of nitrogens with one attached hydrogen (secondary N) is 1. The molecule has 0 radical (unpaired) electrons. The SMILES string of the molecule is Cc1ccc(NC=O)cc1C#N. The fraction of sp³-hybridized carbons (Fsp3) is 0.111. The van der Waals surface area contributed by atoms with Gasteiger partial charge in [0.1, 0.15) is 0 Å². The van der Waals surface area contributed by atoms with E-state index in [4.69, 9.17) is 5.26 Å². The standard InChI is InChI=1S/C9H8N2O/c1-7-2-3-9(11-6-12)4-8(7)5-10/h2-4,6H,1H3,(H,11,12). The highest BCUT2D eigenvalue weighted by atomic mass is 16.1. The molecule has 1 N–H and O–H groups in total. The van der Waals surface area contributed by atoms with Gasteiger partial charge in [0.25, 0.3) is 0 Å². The Balaban J connectivity index is 3.07. The Hall–Kier alpha value is -1.82. The van der Waals surface area contributed by atoms with Gasteiger partial charge in [-0.15, -0.1) is 0 Å². The van der Waals surface area contributed by atoms with Gasteiger partial charge in [0.05, 0.1) is 11.6 Å². The maximum absolute atomic E-state index is 10.1. The third-order valence-corrected chi connectivity index (χ3v) is 1.58. The van der Waals surface area contributed by atoms with Crippen LogP contribution in [0.2, 0.25) is 0 Å². The molecule has 3 nitrogen and oxygen atoms in total. The summed E-state index contributed by atoms with van der Waals surface area (Å²) in [6.07, 6.45) is 0.589. The highest BCUT2D eigenvalue weighted by Crippen LogP contribution is 2.13. The van der Waals surface area contributed by atoms with E-state index in [1.165, 1.54) is 0 Å². The molecular weight excluding hydrogens is 152 g/mol. The lowest BCUT2D eigenvalue weighted by molar-refractivity contribution is -0.105. The number of carbonyl (C=O) groups excluding carboxylic acids is 1. The molecule has 1 rings (SSSR count). The van der Waals surface area contributed by atoms with Gasteiger partial charge in [-0.1, -0.05) is 6.07 Å². The molecule has 12 heavy (non-hydrogen) atoms. The van der Waals surface area contributed by atoms with E-state index < -0.39 is 0 Å². The van der Waals surface area contributed by atoms with Crippen molar-refractivity contribution in [2.24, 2.45) is 0 Å². The first-order valence-electron chi connectivity index (χ1n) is 3.49. The second-order valence-electron chi connectivity index (χ2n) is 2.40. The van der Waals surface area contributed by atoms with Crippen molar-refractivity contribution in [2.75, 3.05) is 5.32 Å².